The van der Waals surface area contributed by atoms with E-state index in [0.29, 0.717) is 23.3 Å². The third-order valence-electron chi connectivity index (χ3n) is 2.92. The number of pyridine rings is 1. The molecule has 1 aromatic heterocycles. The standard InChI is InChI=1S/C14H24ClN3O2S/c1-4-7-16-14-13(15)9-12(10-17-14)21(19,20)18-8-5-6-11(2)3/h9-11,18H,4-8H2,1-3H3,(H,16,17). The van der Waals surface area contributed by atoms with Crippen LogP contribution in [0.15, 0.2) is 17.2 Å². The number of sulfonamides is 1. The largest absolute Gasteiger partial charge is 0.369 e. The first-order valence-corrected chi connectivity index (χ1v) is 9.12. The summed E-state index contributed by atoms with van der Waals surface area (Å²) in [7, 11) is -3.54. The van der Waals surface area contributed by atoms with Crippen LogP contribution in [0.25, 0.3) is 0 Å². The highest BCUT2D eigenvalue weighted by atomic mass is 35.5. The molecule has 0 saturated heterocycles. The number of halogens is 1. The quantitative estimate of drug-likeness (QED) is 0.680. The first kappa shape index (κ1) is 18.2. The Bertz CT molecular complexity index is 547. The Morgan fingerprint density at radius 2 is 2.05 bits per heavy atom. The Balaban J connectivity index is 2.68. The summed E-state index contributed by atoms with van der Waals surface area (Å²) in [4.78, 5) is 4.17. The molecule has 0 unspecified atom stereocenters. The van der Waals surface area contributed by atoms with Gasteiger partial charge in [0.1, 0.15) is 10.7 Å². The van der Waals surface area contributed by atoms with Gasteiger partial charge in [-0.15, -0.1) is 0 Å². The van der Waals surface area contributed by atoms with Crippen LogP contribution in [0, 0.1) is 5.92 Å². The van der Waals surface area contributed by atoms with Crippen LogP contribution in [0.4, 0.5) is 5.82 Å². The van der Waals surface area contributed by atoms with Gasteiger partial charge in [-0.25, -0.2) is 18.1 Å². The molecular formula is C14H24ClN3O2S. The van der Waals surface area contributed by atoms with E-state index in [1.165, 1.54) is 12.3 Å². The summed E-state index contributed by atoms with van der Waals surface area (Å²) in [5.41, 5.74) is 0. The van der Waals surface area contributed by atoms with Crippen molar-refractivity contribution in [3.05, 3.63) is 17.3 Å². The SMILES string of the molecule is CCCNc1ncc(S(=O)(=O)NCCCC(C)C)cc1Cl. The normalized spacial score (nSPS) is 11.9. The third-order valence-corrected chi connectivity index (χ3v) is 4.64. The highest BCUT2D eigenvalue weighted by Crippen LogP contribution is 2.22. The van der Waals surface area contributed by atoms with Crippen LogP contribution < -0.4 is 10.0 Å². The van der Waals surface area contributed by atoms with Gasteiger partial charge in [-0.1, -0.05) is 32.4 Å². The monoisotopic (exact) mass is 333 g/mol. The van der Waals surface area contributed by atoms with Gasteiger partial charge < -0.3 is 5.32 Å². The Labute approximate surface area is 132 Å². The summed E-state index contributed by atoms with van der Waals surface area (Å²) in [6.07, 6.45) is 4.07. The van der Waals surface area contributed by atoms with Crippen LogP contribution in [-0.4, -0.2) is 26.5 Å². The molecule has 21 heavy (non-hydrogen) atoms. The van der Waals surface area contributed by atoms with Crippen LogP contribution in [0.1, 0.15) is 40.0 Å². The fourth-order valence-electron chi connectivity index (χ4n) is 1.74. The molecule has 0 aliphatic carbocycles. The minimum Gasteiger partial charge on any atom is -0.369 e. The number of nitrogens with one attached hydrogen (secondary N) is 2. The molecule has 2 N–H and O–H groups in total. The highest BCUT2D eigenvalue weighted by molar-refractivity contribution is 7.89. The second kappa shape index (κ2) is 8.56. The molecule has 1 rings (SSSR count). The number of nitrogens with zero attached hydrogens (tertiary/aromatic N) is 1. The van der Waals surface area contributed by atoms with Gasteiger partial charge in [-0.3, -0.25) is 0 Å². The lowest BCUT2D eigenvalue weighted by atomic mass is 10.1. The molecule has 0 amide bonds. The van der Waals surface area contributed by atoms with Gasteiger partial charge in [0, 0.05) is 19.3 Å². The highest BCUT2D eigenvalue weighted by Gasteiger charge is 2.16. The average molecular weight is 334 g/mol. The van der Waals surface area contributed by atoms with E-state index in [9.17, 15) is 8.42 Å². The Kier molecular flexibility index (Phi) is 7.42. The zero-order chi connectivity index (χ0) is 15.9. The summed E-state index contributed by atoms with van der Waals surface area (Å²) >= 11 is 6.06. The fourth-order valence-corrected chi connectivity index (χ4v) is 3.08. The van der Waals surface area contributed by atoms with Crippen LogP contribution in [0.2, 0.25) is 5.02 Å². The number of hydrogen-bond donors (Lipinski definition) is 2. The van der Waals surface area contributed by atoms with Gasteiger partial charge in [0.2, 0.25) is 10.0 Å². The van der Waals surface area contributed by atoms with Crippen LogP contribution in [0.5, 0.6) is 0 Å². The summed E-state index contributed by atoms with van der Waals surface area (Å²) in [5.74, 6) is 1.08. The first-order chi connectivity index (χ1) is 9.86. The molecule has 0 bridgehead atoms. The topological polar surface area (TPSA) is 71.1 Å². The average Bonchev–Trinajstić information content (AvgIpc) is 2.42. The Hall–Kier alpha value is -0.850. The molecule has 0 radical (unpaired) electrons. The van der Waals surface area contributed by atoms with E-state index >= 15 is 0 Å². The predicted molar refractivity (Wildman–Crippen MR) is 87.3 cm³/mol. The molecule has 0 atom stereocenters. The minimum absolute atomic E-state index is 0.0964. The fraction of sp³-hybridized carbons (Fsp3) is 0.643. The molecular weight excluding hydrogens is 310 g/mol. The molecule has 0 spiro atoms. The van der Waals surface area contributed by atoms with Crippen molar-refractivity contribution in [2.45, 2.75) is 44.9 Å². The molecule has 1 heterocycles. The van der Waals surface area contributed by atoms with Gasteiger partial charge in [-0.05, 0) is 31.2 Å². The van der Waals surface area contributed by atoms with Crippen LogP contribution >= 0.6 is 11.6 Å². The summed E-state index contributed by atoms with van der Waals surface area (Å²) < 4.78 is 26.8. The van der Waals surface area contributed by atoms with Gasteiger partial charge in [0.05, 0.1) is 5.02 Å². The molecule has 0 fully saturated rings. The zero-order valence-corrected chi connectivity index (χ0v) is 14.4. The van der Waals surface area contributed by atoms with Crippen molar-refractivity contribution in [2.75, 3.05) is 18.4 Å². The van der Waals surface area contributed by atoms with E-state index in [0.717, 1.165) is 25.8 Å². The number of anilines is 1. The third kappa shape index (κ3) is 6.20. The smallest absolute Gasteiger partial charge is 0.242 e. The second-order valence-electron chi connectivity index (χ2n) is 5.36. The Morgan fingerprint density at radius 3 is 2.62 bits per heavy atom. The maximum absolute atomic E-state index is 12.1. The van der Waals surface area contributed by atoms with E-state index in [-0.39, 0.29) is 4.90 Å². The molecule has 0 aliphatic heterocycles. The maximum atomic E-state index is 12.1. The molecule has 0 aromatic carbocycles. The van der Waals surface area contributed by atoms with E-state index in [4.69, 9.17) is 11.6 Å². The summed E-state index contributed by atoms with van der Waals surface area (Å²) in [5, 5.41) is 3.36. The molecule has 0 aliphatic rings. The van der Waals surface area contributed by atoms with Crippen LogP contribution in [0.3, 0.4) is 0 Å². The number of hydrogen-bond acceptors (Lipinski definition) is 4. The van der Waals surface area contributed by atoms with Crippen molar-refractivity contribution < 1.29 is 8.42 Å². The van der Waals surface area contributed by atoms with Gasteiger partial charge in [0.15, 0.2) is 0 Å². The van der Waals surface area contributed by atoms with Crippen LogP contribution in [-0.2, 0) is 10.0 Å². The van der Waals surface area contributed by atoms with E-state index < -0.39 is 10.0 Å². The lowest BCUT2D eigenvalue weighted by Gasteiger charge is -2.10. The lowest BCUT2D eigenvalue weighted by molar-refractivity contribution is 0.540. The number of aromatic nitrogens is 1. The molecule has 0 saturated carbocycles. The molecule has 5 nitrogen and oxygen atoms in total. The molecule has 7 heteroatoms. The van der Waals surface area contributed by atoms with Crippen molar-refractivity contribution in [3.63, 3.8) is 0 Å². The summed E-state index contributed by atoms with van der Waals surface area (Å²) in [6.45, 7) is 7.42. The second-order valence-corrected chi connectivity index (χ2v) is 7.54. The van der Waals surface area contributed by atoms with E-state index in [2.05, 4.69) is 28.9 Å². The van der Waals surface area contributed by atoms with Crippen molar-refractivity contribution in [2.24, 2.45) is 5.92 Å². The lowest BCUT2D eigenvalue weighted by Crippen LogP contribution is -2.25. The first-order valence-electron chi connectivity index (χ1n) is 7.26. The molecule has 1 aromatic rings. The van der Waals surface area contributed by atoms with Crippen molar-refractivity contribution in [3.8, 4) is 0 Å². The predicted octanol–water partition coefficient (Wildman–Crippen LogP) is 3.27. The minimum atomic E-state index is -3.54. The zero-order valence-electron chi connectivity index (χ0n) is 12.8. The van der Waals surface area contributed by atoms with E-state index in [1.54, 1.807) is 0 Å². The Morgan fingerprint density at radius 1 is 1.33 bits per heavy atom. The molecule has 120 valence electrons. The van der Waals surface area contributed by atoms with Gasteiger partial charge in [-0.2, -0.15) is 0 Å². The summed E-state index contributed by atoms with van der Waals surface area (Å²) in [6, 6.07) is 1.43. The maximum Gasteiger partial charge on any atom is 0.242 e. The van der Waals surface area contributed by atoms with E-state index in [1.807, 2.05) is 6.92 Å². The van der Waals surface area contributed by atoms with Crippen molar-refractivity contribution in [1.29, 1.82) is 0 Å². The van der Waals surface area contributed by atoms with Crippen molar-refractivity contribution in [1.82, 2.24) is 9.71 Å². The van der Waals surface area contributed by atoms with Gasteiger partial charge >= 0.3 is 0 Å². The van der Waals surface area contributed by atoms with Crippen molar-refractivity contribution >= 4 is 27.4 Å². The van der Waals surface area contributed by atoms with Gasteiger partial charge in [0.25, 0.3) is 0 Å². The number of rotatable bonds is 9.